The summed E-state index contributed by atoms with van der Waals surface area (Å²) in [6.07, 6.45) is 4.40. The topological polar surface area (TPSA) is 58.6 Å². The van der Waals surface area contributed by atoms with Gasteiger partial charge < -0.3 is 14.8 Å². The molecule has 1 aromatic rings. The predicted molar refractivity (Wildman–Crippen MR) is 111 cm³/mol. The van der Waals surface area contributed by atoms with Crippen LogP contribution in [0.25, 0.3) is 0 Å². The number of aliphatic hydroxyl groups excluding tert-OH is 1. The highest BCUT2D eigenvalue weighted by molar-refractivity contribution is 6.74. The molecule has 2 atom stereocenters. The van der Waals surface area contributed by atoms with Crippen LogP contribution in [0.2, 0.25) is 18.1 Å². The summed E-state index contributed by atoms with van der Waals surface area (Å²) in [6, 6.07) is 9.00. The number of allylic oxidation sites excluding steroid dienone is 1. The van der Waals surface area contributed by atoms with E-state index in [9.17, 15) is 9.90 Å². The summed E-state index contributed by atoms with van der Waals surface area (Å²) in [6.45, 7) is 13.7. The number of amides is 1. The van der Waals surface area contributed by atoms with Crippen molar-refractivity contribution in [2.45, 2.75) is 70.8 Å². The molecule has 1 amide bonds. The van der Waals surface area contributed by atoms with Crippen LogP contribution < -0.4 is 5.32 Å². The summed E-state index contributed by atoms with van der Waals surface area (Å²) in [5.74, 6) is -0.183. The van der Waals surface area contributed by atoms with Gasteiger partial charge in [-0.25, -0.2) is 0 Å². The molecule has 0 saturated carbocycles. The normalized spacial score (nSPS) is 15.0. The first-order valence-corrected chi connectivity index (χ1v) is 12.3. The van der Waals surface area contributed by atoms with E-state index in [1.807, 2.05) is 36.4 Å². The fourth-order valence-corrected chi connectivity index (χ4v) is 3.31. The number of unbranched alkanes of at least 4 members (excludes halogenated alkanes) is 1. The Morgan fingerprint density at radius 3 is 2.46 bits per heavy atom. The summed E-state index contributed by atoms with van der Waals surface area (Å²) in [4.78, 5) is 12.0. The van der Waals surface area contributed by atoms with Gasteiger partial charge in [-0.2, -0.15) is 0 Å². The zero-order chi connectivity index (χ0) is 19.8. The maximum atomic E-state index is 12.0. The van der Waals surface area contributed by atoms with Crippen LogP contribution in [0.1, 0.15) is 52.2 Å². The fourth-order valence-electron chi connectivity index (χ4n) is 2.23. The molecule has 0 unspecified atom stereocenters. The van der Waals surface area contributed by atoms with Crippen LogP contribution in [0.15, 0.2) is 42.5 Å². The highest BCUT2D eigenvalue weighted by Gasteiger charge is 2.36. The van der Waals surface area contributed by atoms with Crippen LogP contribution in [-0.4, -0.2) is 32.0 Å². The molecule has 1 rings (SSSR count). The summed E-state index contributed by atoms with van der Waals surface area (Å²) in [5.41, 5.74) is 0.798. The molecule has 146 valence electrons. The number of carbonyl (C=O) groups excluding carboxylic acids is 1. The summed E-state index contributed by atoms with van der Waals surface area (Å²) in [7, 11) is -1.68. The number of rotatable bonds is 9. The summed E-state index contributed by atoms with van der Waals surface area (Å²) in [5, 5.41) is 13.3. The van der Waals surface area contributed by atoms with E-state index in [1.165, 1.54) is 0 Å². The first kappa shape index (κ1) is 22.6. The first-order valence-electron chi connectivity index (χ1n) is 9.38. The Hall–Kier alpha value is -1.43. The molecule has 2 N–H and O–H groups in total. The third-order valence-electron chi connectivity index (χ3n) is 5.04. The molecule has 0 spiro atoms. The lowest BCUT2D eigenvalue weighted by atomic mass is 10.0. The average molecular weight is 378 g/mol. The van der Waals surface area contributed by atoms with Crippen molar-refractivity contribution < 1.29 is 14.3 Å². The van der Waals surface area contributed by atoms with E-state index in [1.54, 1.807) is 13.0 Å². The molecule has 1 aromatic carbocycles. The van der Waals surface area contributed by atoms with Crippen molar-refractivity contribution >= 4 is 14.2 Å². The van der Waals surface area contributed by atoms with E-state index in [0.717, 1.165) is 25.0 Å². The van der Waals surface area contributed by atoms with Gasteiger partial charge in [-0.15, -0.1) is 0 Å². The van der Waals surface area contributed by atoms with E-state index >= 15 is 0 Å². The molecule has 0 radical (unpaired) electrons. The molecule has 0 aliphatic carbocycles. The number of hydrogen-bond donors (Lipinski definition) is 2. The molecule has 0 aromatic heterocycles. The van der Waals surface area contributed by atoms with E-state index in [4.69, 9.17) is 4.43 Å². The number of carbonyl (C=O) groups is 1. The molecule has 5 heteroatoms. The Labute approximate surface area is 159 Å². The highest BCUT2D eigenvalue weighted by Crippen LogP contribution is 2.36. The third-order valence-corrected chi connectivity index (χ3v) is 9.58. The summed E-state index contributed by atoms with van der Waals surface area (Å²) < 4.78 is 6.12. The van der Waals surface area contributed by atoms with Crippen molar-refractivity contribution in [3.8, 4) is 0 Å². The molecule has 0 bridgehead atoms. The minimum Gasteiger partial charge on any atom is -0.417 e. The maximum absolute atomic E-state index is 12.0. The maximum Gasteiger partial charge on any atom is 0.243 e. The molecular formula is C21H35NO3Si. The average Bonchev–Trinajstić information content (AvgIpc) is 2.56. The van der Waals surface area contributed by atoms with Crippen LogP contribution in [0.3, 0.4) is 0 Å². The van der Waals surface area contributed by atoms with Crippen molar-refractivity contribution in [1.29, 1.82) is 0 Å². The van der Waals surface area contributed by atoms with Gasteiger partial charge in [0.2, 0.25) is 5.91 Å². The predicted octanol–water partition coefficient (Wildman–Crippen LogP) is 4.58. The highest BCUT2D eigenvalue weighted by atomic mass is 28.4. The molecule has 0 aliphatic heterocycles. The zero-order valence-electron chi connectivity index (χ0n) is 17.1. The van der Waals surface area contributed by atoms with Gasteiger partial charge in [0.05, 0.1) is 12.1 Å². The van der Waals surface area contributed by atoms with Crippen molar-refractivity contribution in [3.05, 3.63) is 48.0 Å². The Balaban J connectivity index is 2.31. The van der Waals surface area contributed by atoms with Crippen LogP contribution >= 0.6 is 0 Å². The Morgan fingerprint density at radius 1 is 1.27 bits per heavy atom. The van der Waals surface area contributed by atoms with Gasteiger partial charge in [-0.05, 0) is 49.5 Å². The minimum absolute atomic E-state index is 0.183. The minimum atomic E-state index is -1.68. The first-order chi connectivity index (χ1) is 12.0. The second kappa shape index (κ2) is 10.0. The molecule has 26 heavy (non-hydrogen) atoms. The Bertz CT molecular complexity index is 579. The largest absolute Gasteiger partial charge is 0.417 e. The number of nitrogens with one attached hydrogen (secondary N) is 1. The standard InChI is InChI=1S/C21H35NO3Si/c1-17(20(24)18-13-9-7-10-14-18)22-19(23)15-11-8-12-16-25-26(5,6)21(2,3)4/h7,9-11,13-15,17,20,24H,8,12,16H2,1-6H3,(H,22,23)/b15-11+/t17-,20+/m0/s1. The van der Waals surface area contributed by atoms with Crippen LogP contribution in [0, 0.1) is 0 Å². The van der Waals surface area contributed by atoms with Gasteiger partial charge in [-0.1, -0.05) is 57.2 Å². The molecule has 0 heterocycles. The molecular weight excluding hydrogens is 342 g/mol. The fraction of sp³-hybridized carbons (Fsp3) is 0.571. The van der Waals surface area contributed by atoms with Crippen LogP contribution in [-0.2, 0) is 9.22 Å². The molecule has 0 aliphatic rings. The van der Waals surface area contributed by atoms with Crippen molar-refractivity contribution in [2.75, 3.05) is 6.61 Å². The van der Waals surface area contributed by atoms with Crippen LogP contribution in [0.5, 0.6) is 0 Å². The van der Waals surface area contributed by atoms with E-state index in [2.05, 4.69) is 39.2 Å². The summed E-state index contributed by atoms with van der Waals surface area (Å²) >= 11 is 0. The number of aliphatic hydroxyl groups is 1. The smallest absolute Gasteiger partial charge is 0.243 e. The van der Waals surface area contributed by atoms with Gasteiger partial charge in [0.25, 0.3) is 0 Å². The molecule has 0 saturated heterocycles. The van der Waals surface area contributed by atoms with E-state index in [0.29, 0.717) is 0 Å². The lowest BCUT2D eigenvalue weighted by Gasteiger charge is -2.36. The van der Waals surface area contributed by atoms with E-state index in [-0.39, 0.29) is 17.0 Å². The van der Waals surface area contributed by atoms with Gasteiger partial charge in [0, 0.05) is 6.61 Å². The monoisotopic (exact) mass is 377 g/mol. The van der Waals surface area contributed by atoms with Crippen molar-refractivity contribution in [2.24, 2.45) is 0 Å². The van der Waals surface area contributed by atoms with Gasteiger partial charge >= 0.3 is 0 Å². The van der Waals surface area contributed by atoms with Gasteiger partial charge in [-0.3, -0.25) is 4.79 Å². The zero-order valence-corrected chi connectivity index (χ0v) is 18.1. The second-order valence-corrected chi connectivity index (χ2v) is 13.1. The third kappa shape index (κ3) is 7.44. The quantitative estimate of drug-likeness (QED) is 0.376. The Morgan fingerprint density at radius 2 is 1.88 bits per heavy atom. The molecule has 0 fully saturated rings. The van der Waals surface area contributed by atoms with Crippen molar-refractivity contribution in [3.63, 3.8) is 0 Å². The van der Waals surface area contributed by atoms with Crippen LogP contribution in [0.4, 0.5) is 0 Å². The van der Waals surface area contributed by atoms with E-state index < -0.39 is 14.4 Å². The number of benzene rings is 1. The Kier molecular flexibility index (Phi) is 8.73. The number of hydrogen-bond acceptors (Lipinski definition) is 3. The van der Waals surface area contributed by atoms with Gasteiger partial charge in [0.1, 0.15) is 0 Å². The SMILES string of the molecule is C[C@H](NC(=O)/C=C/CCCO[Si](C)(C)C(C)(C)C)[C@@H](O)c1ccccc1. The molecule has 4 nitrogen and oxygen atoms in total. The van der Waals surface area contributed by atoms with Crippen molar-refractivity contribution in [1.82, 2.24) is 5.32 Å². The lowest BCUT2D eigenvalue weighted by Crippen LogP contribution is -2.40. The lowest BCUT2D eigenvalue weighted by molar-refractivity contribution is -0.117. The second-order valence-electron chi connectivity index (χ2n) is 8.31. The van der Waals surface area contributed by atoms with Gasteiger partial charge in [0.15, 0.2) is 8.32 Å².